The molecule has 2 rings (SSSR count). The van der Waals surface area contributed by atoms with E-state index in [9.17, 15) is 4.79 Å². The number of carboxylic acid groups (broad SMARTS) is 1. The Hall–Kier alpha value is -2.37. The van der Waals surface area contributed by atoms with E-state index in [0.29, 0.717) is 18.3 Å². The van der Waals surface area contributed by atoms with Crippen LogP contribution in [-0.4, -0.2) is 27.8 Å². The summed E-state index contributed by atoms with van der Waals surface area (Å²) in [6, 6.07) is 9.27. The summed E-state index contributed by atoms with van der Waals surface area (Å²) in [7, 11) is 0. The zero-order valence-corrected chi connectivity index (χ0v) is 9.91. The van der Waals surface area contributed by atoms with Crippen LogP contribution in [0.5, 0.6) is 0 Å². The van der Waals surface area contributed by atoms with E-state index in [4.69, 9.17) is 9.63 Å². The van der Waals surface area contributed by atoms with Gasteiger partial charge in [0, 0.05) is 12.6 Å². The quantitative estimate of drug-likeness (QED) is 0.861. The number of carbonyl (C=O) groups is 1. The number of para-hydroxylation sites is 1. The van der Waals surface area contributed by atoms with Gasteiger partial charge >= 0.3 is 5.97 Å². The number of nitrogens with zero attached hydrogens (tertiary/aromatic N) is 3. The number of anilines is 1. The molecule has 6 heteroatoms. The molecule has 18 heavy (non-hydrogen) atoms. The zero-order valence-electron chi connectivity index (χ0n) is 9.91. The predicted octanol–water partition coefficient (Wildman–Crippen LogP) is 1.47. The van der Waals surface area contributed by atoms with Gasteiger partial charge in [-0.05, 0) is 12.1 Å². The summed E-state index contributed by atoms with van der Waals surface area (Å²) in [4.78, 5) is 16.6. The third kappa shape index (κ3) is 3.07. The smallest absolute Gasteiger partial charge is 0.323 e. The van der Waals surface area contributed by atoms with Crippen molar-refractivity contribution in [3.63, 3.8) is 0 Å². The second kappa shape index (κ2) is 5.31. The Morgan fingerprint density at radius 2 is 2.11 bits per heavy atom. The summed E-state index contributed by atoms with van der Waals surface area (Å²) in [5.74, 6) is 0.0324. The summed E-state index contributed by atoms with van der Waals surface area (Å²) in [6.45, 7) is 1.88. The summed E-state index contributed by atoms with van der Waals surface area (Å²) in [5, 5.41) is 12.7. The first-order valence-electron chi connectivity index (χ1n) is 5.46. The van der Waals surface area contributed by atoms with E-state index in [-0.39, 0.29) is 6.54 Å². The normalized spacial score (nSPS) is 10.3. The maximum Gasteiger partial charge on any atom is 0.323 e. The van der Waals surface area contributed by atoms with Gasteiger partial charge in [0.2, 0.25) is 5.89 Å². The lowest BCUT2D eigenvalue weighted by molar-refractivity contribution is -0.135. The molecule has 1 heterocycles. The van der Waals surface area contributed by atoms with E-state index in [2.05, 4.69) is 10.1 Å². The van der Waals surface area contributed by atoms with Crippen molar-refractivity contribution in [3.8, 4) is 0 Å². The highest BCUT2D eigenvalue weighted by molar-refractivity contribution is 5.73. The van der Waals surface area contributed by atoms with E-state index in [1.54, 1.807) is 11.8 Å². The Bertz CT molecular complexity index is 524. The van der Waals surface area contributed by atoms with Crippen molar-refractivity contribution in [2.45, 2.75) is 13.5 Å². The minimum atomic E-state index is -0.904. The number of aliphatic carboxylic acids is 1. The van der Waals surface area contributed by atoms with Gasteiger partial charge in [-0.2, -0.15) is 4.98 Å². The van der Waals surface area contributed by atoms with Gasteiger partial charge in [-0.1, -0.05) is 23.4 Å². The van der Waals surface area contributed by atoms with Crippen molar-refractivity contribution in [2.75, 3.05) is 11.4 Å². The van der Waals surface area contributed by atoms with Crippen molar-refractivity contribution in [1.82, 2.24) is 10.1 Å². The molecule has 0 unspecified atom stereocenters. The summed E-state index contributed by atoms with van der Waals surface area (Å²) in [5.41, 5.74) is 0.808. The lowest BCUT2D eigenvalue weighted by atomic mass is 10.3. The van der Waals surface area contributed by atoms with Crippen LogP contribution in [0, 0.1) is 6.92 Å². The van der Waals surface area contributed by atoms with E-state index < -0.39 is 5.97 Å². The minimum Gasteiger partial charge on any atom is -0.480 e. The van der Waals surface area contributed by atoms with Gasteiger partial charge in [-0.15, -0.1) is 0 Å². The summed E-state index contributed by atoms with van der Waals surface area (Å²) < 4.78 is 4.87. The van der Waals surface area contributed by atoms with Gasteiger partial charge in [0.05, 0.1) is 6.54 Å². The maximum atomic E-state index is 10.9. The molecule has 2 aromatic rings. The first-order chi connectivity index (χ1) is 8.65. The highest BCUT2D eigenvalue weighted by Crippen LogP contribution is 2.15. The summed E-state index contributed by atoms with van der Waals surface area (Å²) in [6.07, 6.45) is 0. The standard InChI is InChI=1S/C12H13N3O3/c1-9-13-11(14-18-9)7-15(8-12(16)17)10-5-3-2-4-6-10/h2-6H,7-8H2,1H3,(H,16,17). The van der Waals surface area contributed by atoms with Crippen molar-refractivity contribution >= 4 is 11.7 Å². The van der Waals surface area contributed by atoms with Gasteiger partial charge in [-0.25, -0.2) is 0 Å². The highest BCUT2D eigenvalue weighted by atomic mass is 16.5. The fourth-order valence-electron chi connectivity index (χ4n) is 1.62. The molecule has 0 fully saturated rings. The van der Waals surface area contributed by atoms with Crippen LogP contribution in [0.25, 0.3) is 0 Å². The fourth-order valence-corrected chi connectivity index (χ4v) is 1.62. The molecule has 0 bridgehead atoms. The molecule has 0 aliphatic carbocycles. The number of aryl methyl sites for hydroxylation is 1. The van der Waals surface area contributed by atoms with E-state index in [1.165, 1.54) is 0 Å². The molecule has 0 amide bonds. The van der Waals surface area contributed by atoms with Crippen molar-refractivity contribution in [1.29, 1.82) is 0 Å². The topological polar surface area (TPSA) is 79.5 Å². The van der Waals surface area contributed by atoms with Gasteiger partial charge in [0.1, 0.15) is 6.54 Å². The molecule has 0 radical (unpaired) electrons. The van der Waals surface area contributed by atoms with Crippen molar-refractivity contribution in [3.05, 3.63) is 42.0 Å². The molecule has 6 nitrogen and oxygen atoms in total. The molecule has 0 atom stereocenters. The zero-order chi connectivity index (χ0) is 13.0. The Kier molecular flexibility index (Phi) is 3.57. The first kappa shape index (κ1) is 12.1. The second-order valence-electron chi connectivity index (χ2n) is 3.81. The largest absolute Gasteiger partial charge is 0.480 e. The Balaban J connectivity index is 2.18. The third-order valence-electron chi connectivity index (χ3n) is 2.35. The van der Waals surface area contributed by atoms with Crippen LogP contribution in [0.2, 0.25) is 0 Å². The lowest BCUT2D eigenvalue weighted by Crippen LogP contribution is -2.29. The molecule has 0 spiro atoms. The number of benzene rings is 1. The van der Waals surface area contributed by atoms with Gasteiger partial charge < -0.3 is 14.5 Å². The monoisotopic (exact) mass is 247 g/mol. The SMILES string of the molecule is Cc1nc(CN(CC(=O)O)c2ccccc2)no1. The van der Waals surface area contributed by atoms with Crippen molar-refractivity contribution < 1.29 is 14.4 Å². The van der Waals surface area contributed by atoms with E-state index in [0.717, 1.165) is 5.69 Å². The number of aromatic nitrogens is 2. The first-order valence-corrected chi connectivity index (χ1v) is 5.46. The van der Waals surface area contributed by atoms with Crippen LogP contribution in [0.4, 0.5) is 5.69 Å². The molecular formula is C12H13N3O3. The van der Waals surface area contributed by atoms with E-state index in [1.807, 2.05) is 30.3 Å². The van der Waals surface area contributed by atoms with Crippen LogP contribution in [0.15, 0.2) is 34.9 Å². The van der Waals surface area contributed by atoms with Crippen LogP contribution in [0.1, 0.15) is 11.7 Å². The van der Waals surface area contributed by atoms with E-state index >= 15 is 0 Å². The molecule has 1 N–H and O–H groups in total. The molecular weight excluding hydrogens is 234 g/mol. The van der Waals surface area contributed by atoms with Gasteiger partial charge in [0.25, 0.3) is 0 Å². The fraction of sp³-hybridized carbons (Fsp3) is 0.250. The molecule has 0 saturated carbocycles. The number of carboxylic acids is 1. The average molecular weight is 247 g/mol. The highest BCUT2D eigenvalue weighted by Gasteiger charge is 2.14. The molecule has 0 saturated heterocycles. The van der Waals surface area contributed by atoms with Crippen LogP contribution < -0.4 is 4.90 Å². The predicted molar refractivity (Wildman–Crippen MR) is 64.2 cm³/mol. The Morgan fingerprint density at radius 3 is 2.67 bits per heavy atom. The van der Waals surface area contributed by atoms with Crippen LogP contribution in [0.3, 0.4) is 0 Å². The van der Waals surface area contributed by atoms with Crippen LogP contribution >= 0.6 is 0 Å². The van der Waals surface area contributed by atoms with Gasteiger partial charge in [-0.3, -0.25) is 4.79 Å². The number of hydrogen-bond donors (Lipinski definition) is 1. The second-order valence-corrected chi connectivity index (χ2v) is 3.81. The molecule has 94 valence electrons. The lowest BCUT2D eigenvalue weighted by Gasteiger charge is -2.20. The van der Waals surface area contributed by atoms with Gasteiger partial charge in [0.15, 0.2) is 5.82 Å². The Morgan fingerprint density at radius 1 is 1.39 bits per heavy atom. The molecule has 0 aliphatic rings. The molecule has 1 aromatic carbocycles. The summed E-state index contributed by atoms with van der Waals surface area (Å²) >= 11 is 0. The van der Waals surface area contributed by atoms with Crippen LogP contribution in [-0.2, 0) is 11.3 Å². The third-order valence-corrected chi connectivity index (χ3v) is 2.35. The number of hydrogen-bond acceptors (Lipinski definition) is 5. The van der Waals surface area contributed by atoms with Crippen molar-refractivity contribution in [2.24, 2.45) is 0 Å². The molecule has 1 aromatic heterocycles. The average Bonchev–Trinajstić information content (AvgIpc) is 2.75. The molecule has 0 aliphatic heterocycles. The maximum absolute atomic E-state index is 10.9. The Labute approximate surface area is 104 Å². The number of rotatable bonds is 5. The minimum absolute atomic E-state index is 0.113.